The maximum atomic E-state index is 11.0. The van der Waals surface area contributed by atoms with E-state index < -0.39 is 10.0 Å². The quantitative estimate of drug-likeness (QED) is 0.678. The van der Waals surface area contributed by atoms with Gasteiger partial charge in [-0.15, -0.1) is 12.4 Å². The van der Waals surface area contributed by atoms with Crippen LogP contribution in [0.3, 0.4) is 0 Å². The molecule has 70 valence electrons. The number of rotatable bonds is 4. The van der Waals surface area contributed by atoms with Crippen molar-refractivity contribution in [3.63, 3.8) is 0 Å². The molecule has 0 aromatic heterocycles. The highest BCUT2D eigenvalue weighted by molar-refractivity contribution is 7.89. The average molecular weight is 203 g/mol. The Hall–Kier alpha value is 0.160. The van der Waals surface area contributed by atoms with Crippen molar-refractivity contribution in [3.8, 4) is 0 Å². The van der Waals surface area contributed by atoms with Crippen molar-refractivity contribution in [3.05, 3.63) is 0 Å². The van der Waals surface area contributed by atoms with Crippen LogP contribution in [0.4, 0.5) is 0 Å². The Morgan fingerprint density at radius 1 is 1.36 bits per heavy atom. The van der Waals surface area contributed by atoms with Gasteiger partial charge in [-0.1, -0.05) is 0 Å². The Balaban J connectivity index is 0. The predicted molar refractivity (Wildman–Crippen MR) is 48.4 cm³/mol. The van der Waals surface area contributed by atoms with Crippen LogP contribution in [0.15, 0.2) is 0 Å². The summed E-state index contributed by atoms with van der Waals surface area (Å²) in [6.07, 6.45) is 0.528. The van der Waals surface area contributed by atoms with Crippen molar-refractivity contribution in [1.82, 2.24) is 4.31 Å². The first kappa shape index (κ1) is 13.7. The van der Waals surface area contributed by atoms with E-state index in [4.69, 9.17) is 5.73 Å². The van der Waals surface area contributed by atoms with Gasteiger partial charge in [0, 0.05) is 14.1 Å². The number of halogens is 1. The molecule has 11 heavy (non-hydrogen) atoms. The van der Waals surface area contributed by atoms with E-state index in [2.05, 4.69) is 0 Å². The minimum absolute atomic E-state index is 0. The summed E-state index contributed by atoms with van der Waals surface area (Å²) in [5.74, 6) is 0.149. The molecule has 0 amide bonds. The molecule has 0 aliphatic carbocycles. The van der Waals surface area contributed by atoms with Gasteiger partial charge < -0.3 is 5.73 Å². The van der Waals surface area contributed by atoms with E-state index in [1.165, 1.54) is 18.4 Å². The van der Waals surface area contributed by atoms with Gasteiger partial charge in [-0.2, -0.15) is 0 Å². The zero-order valence-electron chi connectivity index (χ0n) is 6.78. The lowest BCUT2D eigenvalue weighted by atomic mass is 10.5. The largest absolute Gasteiger partial charge is 0.330 e. The second-order valence-corrected chi connectivity index (χ2v) is 4.54. The maximum Gasteiger partial charge on any atom is 0.213 e. The van der Waals surface area contributed by atoms with Crippen LogP contribution < -0.4 is 5.73 Å². The third kappa shape index (κ3) is 5.43. The van der Waals surface area contributed by atoms with E-state index in [9.17, 15) is 8.42 Å². The molecule has 0 fully saturated rings. The van der Waals surface area contributed by atoms with Crippen molar-refractivity contribution in [1.29, 1.82) is 0 Å². The third-order valence-electron chi connectivity index (χ3n) is 1.16. The zero-order valence-corrected chi connectivity index (χ0v) is 8.41. The molecule has 0 aliphatic heterocycles. The Morgan fingerprint density at radius 3 is 2.09 bits per heavy atom. The van der Waals surface area contributed by atoms with Crippen molar-refractivity contribution >= 4 is 22.4 Å². The van der Waals surface area contributed by atoms with Gasteiger partial charge in [-0.25, -0.2) is 12.7 Å². The second-order valence-electron chi connectivity index (χ2n) is 2.24. The smallest absolute Gasteiger partial charge is 0.213 e. The molecule has 0 heterocycles. The van der Waals surface area contributed by atoms with Crippen LogP contribution in [-0.4, -0.2) is 39.1 Å². The van der Waals surface area contributed by atoms with Crippen LogP contribution in [0.5, 0.6) is 0 Å². The number of sulfonamides is 1. The number of hydrogen-bond donors (Lipinski definition) is 1. The van der Waals surface area contributed by atoms with Crippen LogP contribution in [0, 0.1) is 0 Å². The molecule has 0 aliphatic rings. The normalized spacial score (nSPS) is 11.3. The van der Waals surface area contributed by atoms with E-state index in [1.54, 1.807) is 0 Å². The lowest BCUT2D eigenvalue weighted by Crippen LogP contribution is -2.26. The van der Waals surface area contributed by atoms with Crippen LogP contribution in [-0.2, 0) is 10.0 Å². The maximum absolute atomic E-state index is 11.0. The van der Waals surface area contributed by atoms with E-state index in [-0.39, 0.29) is 18.2 Å². The van der Waals surface area contributed by atoms with E-state index >= 15 is 0 Å². The molecule has 4 nitrogen and oxygen atoms in total. The second kappa shape index (κ2) is 5.77. The molecule has 0 aromatic rings. The lowest BCUT2D eigenvalue weighted by Gasteiger charge is -2.09. The van der Waals surface area contributed by atoms with Gasteiger partial charge in [-0.3, -0.25) is 0 Å². The topological polar surface area (TPSA) is 63.4 Å². The number of nitrogens with two attached hydrogens (primary N) is 1. The fraction of sp³-hybridized carbons (Fsp3) is 1.00. The van der Waals surface area contributed by atoms with Gasteiger partial charge >= 0.3 is 0 Å². The van der Waals surface area contributed by atoms with Crippen molar-refractivity contribution in [2.45, 2.75) is 6.42 Å². The molecule has 6 heteroatoms. The van der Waals surface area contributed by atoms with Gasteiger partial charge in [0.2, 0.25) is 10.0 Å². The molecular formula is C5H15ClN2O2S. The molecule has 0 radical (unpaired) electrons. The monoisotopic (exact) mass is 202 g/mol. The Bertz CT molecular complexity index is 179. The highest BCUT2D eigenvalue weighted by Crippen LogP contribution is 1.94. The standard InChI is InChI=1S/C5H14N2O2S.ClH/c1-7(2)10(8,9)5-3-4-6;/h3-6H2,1-2H3;1H. The molecule has 0 rings (SSSR count). The van der Waals surface area contributed by atoms with Crippen LogP contribution in [0.1, 0.15) is 6.42 Å². The Kier molecular flexibility index (Phi) is 7.20. The summed E-state index contributed by atoms with van der Waals surface area (Å²) < 4.78 is 23.1. The molecule has 0 saturated heterocycles. The summed E-state index contributed by atoms with van der Waals surface area (Å²) in [4.78, 5) is 0. The highest BCUT2D eigenvalue weighted by atomic mass is 35.5. The zero-order chi connectivity index (χ0) is 8.20. The number of nitrogens with zero attached hydrogens (tertiary/aromatic N) is 1. The molecule has 0 bridgehead atoms. The van der Waals surface area contributed by atoms with Crippen LogP contribution in [0.25, 0.3) is 0 Å². The fourth-order valence-electron chi connectivity index (χ4n) is 0.448. The molecule has 0 unspecified atom stereocenters. The Morgan fingerprint density at radius 2 is 1.82 bits per heavy atom. The van der Waals surface area contributed by atoms with Gasteiger partial charge in [0.05, 0.1) is 5.75 Å². The van der Waals surface area contributed by atoms with Gasteiger partial charge in [0.1, 0.15) is 0 Å². The van der Waals surface area contributed by atoms with Crippen LogP contribution >= 0.6 is 12.4 Å². The third-order valence-corrected chi connectivity index (χ3v) is 3.08. The summed E-state index contributed by atoms with van der Waals surface area (Å²) >= 11 is 0. The predicted octanol–water partition coefficient (Wildman–Crippen LogP) is -0.352. The van der Waals surface area contributed by atoms with Crippen LogP contribution in [0.2, 0.25) is 0 Å². The number of hydrogen-bond acceptors (Lipinski definition) is 3. The molecular weight excluding hydrogens is 188 g/mol. The molecule has 0 saturated carbocycles. The first-order valence-electron chi connectivity index (χ1n) is 3.11. The fourth-order valence-corrected chi connectivity index (χ4v) is 1.34. The summed E-state index contributed by atoms with van der Waals surface area (Å²) in [7, 11) is 0.0324. The van der Waals surface area contributed by atoms with Crippen molar-refractivity contribution < 1.29 is 8.42 Å². The summed E-state index contributed by atoms with van der Waals surface area (Å²) in [6.45, 7) is 0.424. The first-order valence-corrected chi connectivity index (χ1v) is 4.72. The summed E-state index contributed by atoms with van der Waals surface area (Å²) in [5, 5.41) is 0. The molecule has 0 spiro atoms. The minimum atomic E-state index is -3.01. The average Bonchev–Trinajstić information content (AvgIpc) is 1.84. The van der Waals surface area contributed by atoms with Gasteiger partial charge in [0.25, 0.3) is 0 Å². The van der Waals surface area contributed by atoms with Crippen molar-refractivity contribution in [2.75, 3.05) is 26.4 Å². The van der Waals surface area contributed by atoms with E-state index in [1.807, 2.05) is 0 Å². The lowest BCUT2D eigenvalue weighted by molar-refractivity contribution is 0.519. The summed E-state index contributed by atoms with van der Waals surface area (Å²) in [6, 6.07) is 0. The van der Waals surface area contributed by atoms with Crippen molar-refractivity contribution in [2.24, 2.45) is 5.73 Å². The van der Waals surface area contributed by atoms with E-state index in [0.717, 1.165) is 0 Å². The SMILES string of the molecule is CN(C)S(=O)(=O)CCCN.Cl. The van der Waals surface area contributed by atoms with Gasteiger partial charge in [0.15, 0.2) is 0 Å². The van der Waals surface area contributed by atoms with Gasteiger partial charge in [-0.05, 0) is 13.0 Å². The molecule has 0 aromatic carbocycles. The highest BCUT2D eigenvalue weighted by Gasteiger charge is 2.11. The Labute approximate surface area is 74.2 Å². The van der Waals surface area contributed by atoms with E-state index in [0.29, 0.717) is 13.0 Å². The summed E-state index contributed by atoms with van der Waals surface area (Å²) in [5.41, 5.74) is 5.15. The first-order chi connectivity index (χ1) is 4.50. The molecule has 0 atom stereocenters. The minimum Gasteiger partial charge on any atom is -0.330 e. The molecule has 2 N–H and O–H groups in total.